The molecule has 0 fully saturated rings. The van der Waals surface area contributed by atoms with Crippen LogP contribution in [0.1, 0.15) is 11.1 Å². The van der Waals surface area contributed by atoms with E-state index < -0.39 is 35.8 Å². The second-order valence-electron chi connectivity index (χ2n) is 5.20. The molecule has 0 unspecified atom stereocenters. The number of nitrogens with one attached hydrogen (secondary N) is 1. The molecule has 10 heteroatoms. The number of hydrogen-bond acceptors (Lipinski definition) is 6. The topological polar surface area (TPSA) is 100 Å². The van der Waals surface area contributed by atoms with Crippen molar-refractivity contribution < 1.29 is 37.7 Å². The van der Waals surface area contributed by atoms with E-state index in [4.69, 9.17) is 9.47 Å². The molecule has 2 aromatic rings. The molecule has 0 aromatic heterocycles. The lowest BCUT2D eigenvalue weighted by atomic mass is 10.2. The van der Waals surface area contributed by atoms with Crippen molar-refractivity contribution in [2.24, 2.45) is 5.10 Å². The molecule has 0 radical (unpaired) electrons. The Balaban J connectivity index is 1.92. The van der Waals surface area contributed by atoms with Crippen LogP contribution in [0, 0.1) is 0 Å². The number of carbonyl (C=O) groups is 1. The van der Waals surface area contributed by atoms with Crippen LogP contribution >= 0.6 is 0 Å². The van der Waals surface area contributed by atoms with Crippen LogP contribution in [0.5, 0.6) is 23.0 Å². The van der Waals surface area contributed by atoms with Crippen LogP contribution in [0.15, 0.2) is 41.5 Å². The van der Waals surface area contributed by atoms with Crippen LogP contribution in [0.2, 0.25) is 0 Å². The summed E-state index contributed by atoms with van der Waals surface area (Å²) in [5.74, 6) is -1.69. The van der Waals surface area contributed by atoms with Gasteiger partial charge in [-0.1, -0.05) is 6.07 Å². The van der Waals surface area contributed by atoms with Crippen molar-refractivity contribution in [1.29, 1.82) is 0 Å². The van der Waals surface area contributed by atoms with Crippen LogP contribution in [-0.2, 0) is 11.0 Å². The largest absolute Gasteiger partial charge is 0.504 e. The van der Waals surface area contributed by atoms with E-state index in [0.29, 0.717) is 5.56 Å². The number of carbonyl (C=O) groups excluding carboxylic acids is 1. The molecule has 0 bridgehead atoms. The molecule has 0 spiro atoms. The number of hydrazone groups is 1. The van der Waals surface area contributed by atoms with E-state index >= 15 is 0 Å². The number of nitrogens with zero attached hydrogens (tertiary/aromatic N) is 1. The second kappa shape index (κ2) is 8.30. The molecule has 0 heterocycles. The maximum atomic E-state index is 12.6. The van der Waals surface area contributed by atoms with E-state index in [1.54, 1.807) is 0 Å². The lowest BCUT2D eigenvalue weighted by molar-refractivity contribution is -0.137. The van der Waals surface area contributed by atoms with Crippen molar-refractivity contribution >= 4 is 12.1 Å². The van der Waals surface area contributed by atoms with Crippen molar-refractivity contribution in [3.63, 3.8) is 0 Å². The van der Waals surface area contributed by atoms with Gasteiger partial charge in [-0.3, -0.25) is 4.79 Å². The minimum absolute atomic E-state index is 0.00987. The van der Waals surface area contributed by atoms with Crippen molar-refractivity contribution in [2.75, 3.05) is 13.7 Å². The zero-order chi connectivity index (χ0) is 20.0. The van der Waals surface area contributed by atoms with Crippen LogP contribution < -0.4 is 14.9 Å². The third-order valence-corrected chi connectivity index (χ3v) is 3.23. The van der Waals surface area contributed by atoms with Crippen LogP contribution in [0.4, 0.5) is 13.2 Å². The number of benzene rings is 2. The first kappa shape index (κ1) is 19.9. The first-order valence-electron chi connectivity index (χ1n) is 7.42. The third kappa shape index (κ3) is 5.53. The van der Waals surface area contributed by atoms with E-state index in [-0.39, 0.29) is 11.5 Å². The van der Waals surface area contributed by atoms with Gasteiger partial charge >= 0.3 is 6.18 Å². The average molecular weight is 384 g/mol. The quantitative estimate of drug-likeness (QED) is 0.404. The standard InChI is InChI=1S/C17H15F3N2O5/c1-26-14-6-10(5-13(23)16(14)25)8-21-22-15(24)9-27-12-4-2-3-11(7-12)17(18,19)20/h2-8,23,25H,9H2,1H3,(H,22,24)/b21-8+. The molecule has 7 nitrogen and oxygen atoms in total. The number of halogens is 3. The summed E-state index contributed by atoms with van der Waals surface area (Å²) in [4.78, 5) is 11.6. The monoisotopic (exact) mass is 384 g/mol. The Hall–Kier alpha value is -3.43. The van der Waals surface area contributed by atoms with Crippen LogP contribution in [0.25, 0.3) is 0 Å². The van der Waals surface area contributed by atoms with Gasteiger partial charge in [-0.25, -0.2) is 5.43 Å². The summed E-state index contributed by atoms with van der Waals surface area (Å²) in [5, 5.41) is 22.7. The second-order valence-corrected chi connectivity index (χ2v) is 5.20. The van der Waals surface area contributed by atoms with Gasteiger partial charge in [-0.05, 0) is 30.3 Å². The maximum absolute atomic E-state index is 12.6. The van der Waals surface area contributed by atoms with Gasteiger partial charge in [0.15, 0.2) is 18.1 Å². The number of ether oxygens (including phenoxy) is 2. The van der Waals surface area contributed by atoms with Crippen molar-refractivity contribution in [3.8, 4) is 23.0 Å². The Morgan fingerprint density at radius 3 is 2.67 bits per heavy atom. The Kier molecular flexibility index (Phi) is 6.11. The van der Waals surface area contributed by atoms with Gasteiger partial charge in [0.05, 0.1) is 18.9 Å². The fraction of sp³-hybridized carbons (Fsp3) is 0.176. The number of amides is 1. The number of phenolic OH excluding ortho intramolecular Hbond substituents is 2. The van der Waals surface area contributed by atoms with Crippen molar-refractivity contribution in [3.05, 3.63) is 47.5 Å². The highest BCUT2D eigenvalue weighted by Gasteiger charge is 2.30. The molecule has 0 aliphatic heterocycles. The predicted molar refractivity (Wildman–Crippen MR) is 89.0 cm³/mol. The summed E-state index contributed by atoms with van der Waals surface area (Å²) in [7, 11) is 1.29. The number of hydrogen-bond donors (Lipinski definition) is 3. The van der Waals surface area contributed by atoms with Crippen molar-refractivity contribution in [2.45, 2.75) is 6.18 Å². The molecule has 0 saturated heterocycles. The SMILES string of the molecule is COc1cc(/C=N/NC(=O)COc2cccc(C(F)(F)F)c2)cc(O)c1O. The molecule has 27 heavy (non-hydrogen) atoms. The first-order chi connectivity index (χ1) is 12.7. The number of phenols is 2. The normalized spacial score (nSPS) is 11.4. The van der Waals surface area contributed by atoms with E-state index in [1.807, 2.05) is 0 Å². The molecule has 0 atom stereocenters. The van der Waals surface area contributed by atoms with Gasteiger partial charge in [0.1, 0.15) is 5.75 Å². The highest BCUT2D eigenvalue weighted by molar-refractivity contribution is 5.84. The van der Waals surface area contributed by atoms with E-state index in [9.17, 15) is 28.2 Å². The van der Waals surface area contributed by atoms with Gasteiger partial charge in [-0.2, -0.15) is 18.3 Å². The fourth-order valence-electron chi connectivity index (χ4n) is 1.97. The molecule has 0 saturated carbocycles. The smallest absolute Gasteiger partial charge is 0.416 e. The van der Waals surface area contributed by atoms with Gasteiger partial charge < -0.3 is 19.7 Å². The molecular formula is C17H15F3N2O5. The van der Waals surface area contributed by atoms with E-state index in [0.717, 1.165) is 12.1 Å². The zero-order valence-corrected chi connectivity index (χ0v) is 13.9. The van der Waals surface area contributed by atoms with Crippen LogP contribution in [0.3, 0.4) is 0 Å². The minimum atomic E-state index is -4.51. The zero-order valence-electron chi connectivity index (χ0n) is 13.9. The number of alkyl halides is 3. The third-order valence-electron chi connectivity index (χ3n) is 3.23. The lowest BCUT2D eigenvalue weighted by Gasteiger charge is -2.09. The Labute approximate surface area is 151 Å². The Bertz CT molecular complexity index is 853. The number of rotatable bonds is 6. The van der Waals surface area contributed by atoms with E-state index in [1.165, 1.54) is 37.6 Å². The Morgan fingerprint density at radius 2 is 2.00 bits per heavy atom. The number of aromatic hydroxyl groups is 2. The van der Waals surface area contributed by atoms with Crippen LogP contribution in [-0.4, -0.2) is 36.1 Å². The molecule has 1 amide bonds. The predicted octanol–water partition coefficient (Wildman–Crippen LogP) is 2.65. The van der Waals surface area contributed by atoms with E-state index in [2.05, 4.69) is 10.5 Å². The molecule has 2 rings (SSSR count). The fourth-order valence-corrected chi connectivity index (χ4v) is 1.97. The maximum Gasteiger partial charge on any atom is 0.416 e. The summed E-state index contributed by atoms with van der Waals surface area (Å²) in [6.07, 6.45) is -3.34. The Morgan fingerprint density at radius 1 is 1.26 bits per heavy atom. The van der Waals surface area contributed by atoms with Gasteiger partial charge in [0.2, 0.25) is 5.75 Å². The van der Waals surface area contributed by atoms with Crippen molar-refractivity contribution in [1.82, 2.24) is 5.43 Å². The molecular weight excluding hydrogens is 369 g/mol. The average Bonchev–Trinajstić information content (AvgIpc) is 2.62. The first-order valence-corrected chi connectivity index (χ1v) is 7.42. The van der Waals surface area contributed by atoms with Gasteiger partial charge in [-0.15, -0.1) is 0 Å². The summed E-state index contributed by atoms with van der Waals surface area (Å²) in [6.45, 7) is -0.553. The van der Waals surface area contributed by atoms with Gasteiger partial charge in [0, 0.05) is 5.56 Å². The molecule has 3 N–H and O–H groups in total. The minimum Gasteiger partial charge on any atom is -0.504 e. The molecule has 144 valence electrons. The molecule has 2 aromatic carbocycles. The molecule has 0 aliphatic rings. The van der Waals surface area contributed by atoms with Gasteiger partial charge in [0.25, 0.3) is 5.91 Å². The summed E-state index contributed by atoms with van der Waals surface area (Å²) in [5.41, 5.74) is 1.55. The number of methoxy groups -OCH3 is 1. The highest BCUT2D eigenvalue weighted by Crippen LogP contribution is 2.35. The summed E-state index contributed by atoms with van der Waals surface area (Å²) >= 11 is 0. The molecule has 0 aliphatic carbocycles. The highest BCUT2D eigenvalue weighted by atomic mass is 19.4. The summed E-state index contributed by atoms with van der Waals surface area (Å²) < 4.78 is 47.7. The lowest BCUT2D eigenvalue weighted by Crippen LogP contribution is -2.24. The summed E-state index contributed by atoms with van der Waals surface area (Å²) in [6, 6.07) is 6.67.